The maximum Gasteiger partial charge on any atom is 0.332 e. The fourth-order valence-electron chi connectivity index (χ4n) is 4.31. The summed E-state index contributed by atoms with van der Waals surface area (Å²) in [5.41, 5.74) is 2.19. The molecular formula is C26H24ClN5O2. The van der Waals surface area contributed by atoms with Crippen LogP contribution in [0.5, 0.6) is 0 Å². The molecule has 2 aromatic heterocycles. The molecule has 5 rings (SSSR count). The second kappa shape index (κ2) is 8.83. The normalized spacial score (nSPS) is 11.4. The van der Waals surface area contributed by atoms with Crippen LogP contribution in [0.2, 0.25) is 5.02 Å². The number of aryl methyl sites for hydroxylation is 1. The summed E-state index contributed by atoms with van der Waals surface area (Å²) in [5, 5.41) is 6.32. The molecule has 3 aromatic carbocycles. The highest BCUT2D eigenvalue weighted by Crippen LogP contribution is 2.23. The van der Waals surface area contributed by atoms with E-state index in [-0.39, 0.29) is 5.56 Å². The van der Waals surface area contributed by atoms with Crippen molar-refractivity contribution in [2.45, 2.75) is 13.0 Å². The lowest BCUT2D eigenvalue weighted by atomic mass is 10.0. The van der Waals surface area contributed by atoms with Crippen LogP contribution in [-0.2, 0) is 27.1 Å². The lowest BCUT2D eigenvalue weighted by Gasteiger charge is -2.13. The van der Waals surface area contributed by atoms with Gasteiger partial charge in [0.1, 0.15) is 0 Å². The van der Waals surface area contributed by atoms with Gasteiger partial charge in [0.25, 0.3) is 5.56 Å². The molecule has 172 valence electrons. The topological polar surface area (TPSA) is 73.8 Å². The zero-order valence-corrected chi connectivity index (χ0v) is 19.7. The molecule has 0 amide bonds. The summed E-state index contributed by atoms with van der Waals surface area (Å²) >= 11 is 5.99. The monoisotopic (exact) mass is 473 g/mol. The van der Waals surface area contributed by atoms with Crippen LogP contribution in [0.15, 0.2) is 76.3 Å². The molecule has 8 heteroatoms. The molecule has 0 saturated carbocycles. The van der Waals surface area contributed by atoms with Crippen molar-refractivity contribution in [3.63, 3.8) is 0 Å². The molecule has 0 radical (unpaired) electrons. The van der Waals surface area contributed by atoms with Crippen LogP contribution in [0.1, 0.15) is 11.1 Å². The molecule has 2 heterocycles. The van der Waals surface area contributed by atoms with Crippen LogP contribution in [-0.4, -0.2) is 25.2 Å². The summed E-state index contributed by atoms with van der Waals surface area (Å²) in [4.78, 5) is 30.4. The van der Waals surface area contributed by atoms with E-state index < -0.39 is 5.69 Å². The summed E-state index contributed by atoms with van der Waals surface area (Å²) in [7, 11) is 3.13. The van der Waals surface area contributed by atoms with Gasteiger partial charge < -0.3 is 5.32 Å². The average Bonchev–Trinajstić information content (AvgIpc) is 3.21. The van der Waals surface area contributed by atoms with E-state index in [0.29, 0.717) is 35.2 Å². The number of fused-ring (bicyclic) bond motifs is 2. The van der Waals surface area contributed by atoms with E-state index in [1.54, 1.807) is 7.05 Å². The Morgan fingerprint density at radius 3 is 2.44 bits per heavy atom. The lowest BCUT2D eigenvalue weighted by Crippen LogP contribution is -2.37. The molecule has 5 aromatic rings. The third kappa shape index (κ3) is 3.88. The van der Waals surface area contributed by atoms with Crippen LogP contribution in [0.4, 0.5) is 5.95 Å². The predicted molar refractivity (Wildman–Crippen MR) is 137 cm³/mol. The van der Waals surface area contributed by atoms with Crippen molar-refractivity contribution in [1.82, 2.24) is 18.7 Å². The first-order valence-corrected chi connectivity index (χ1v) is 11.4. The number of imidazole rings is 1. The Labute approximate surface area is 200 Å². The van der Waals surface area contributed by atoms with Crippen molar-refractivity contribution in [1.29, 1.82) is 0 Å². The van der Waals surface area contributed by atoms with Crippen LogP contribution in [0.25, 0.3) is 21.9 Å². The summed E-state index contributed by atoms with van der Waals surface area (Å²) in [5.74, 6) is 0.551. The van der Waals surface area contributed by atoms with Crippen LogP contribution >= 0.6 is 11.6 Å². The largest absolute Gasteiger partial charge is 0.355 e. The van der Waals surface area contributed by atoms with E-state index in [0.717, 1.165) is 32.9 Å². The Hall–Kier alpha value is -3.84. The van der Waals surface area contributed by atoms with Gasteiger partial charge in [-0.3, -0.25) is 18.5 Å². The molecule has 0 aliphatic rings. The van der Waals surface area contributed by atoms with Crippen molar-refractivity contribution in [2.75, 3.05) is 11.9 Å². The molecule has 0 aliphatic heterocycles. The van der Waals surface area contributed by atoms with Gasteiger partial charge in [0.2, 0.25) is 5.95 Å². The quantitative estimate of drug-likeness (QED) is 0.405. The van der Waals surface area contributed by atoms with E-state index in [1.165, 1.54) is 11.6 Å². The third-order valence-corrected chi connectivity index (χ3v) is 6.42. The summed E-state index contributed by atoms with van der Waals surface area (Å²) in [6, 6.07) is 22.0. The zero-order chi connectivity index (χ0) is 23.8. The van der Waals surface area contributed by atoms with Crippen molar-refractivity contribution in [3.05, 3.63) is 104 Å². The van der Waals surface area contributed by atoms with Gasteiger partial charge in [-0.2, -0.15) is 4.98 Å². The first-order valence-electron chi connectivity index (χ1n) is 11.1. The van der Waals surface area contributed by atoms with Gasteiger partial charge in [0.05, 0.1) is 6.54 Å². The number of hydrogen-bond donors (Lipinski definition) is 1. The van der Waals surface area contributed by atoms with Gasteiger partial charge >= 0.3 is 5.69 Å². The number of nitrogens with one attached hydrogen (secondary N) is 1. The molecule has 34 heavy (non-hydrogen) atoms. The molecule has 0 atom stereocenters. The Bertz CT molecular complexity index is 1620. The molecule has 0 spiro atoms. The standard InChI is InChI=1S/C26H24ClN5O2/c1-30-23-22(24(33)31(2)26(30)34)32(16-19-8-5-7-18-6-3-4-9-21(18)19)25(29-23)28-15-14-17-10-12-20(27)13-11-17/h3-13H,14-16H2,1-2H3,(H,28,29). The minimum Gasteiger partial charge on any atom is -0.355 e. The molecular weight excluding hydrogens is 450 g/mol. The van der Waals surface area contributed by atoms with E-state index in [9.17, 15) is 9.59 Å². The molecule has 0 fully saturated rings. The fourth-order valence-corrected chi connectivity index (χ4v) is 4.43. The van der Waals surface area contributed by atoms with Gasteiger partial charge in [0.15, 0.2) is 11.2 Å². The van der Waals surface area contributed by atoms with Gasteiger partial charge in [-0.15, -0.1) is 0 Å². The number of anilines is 1. The minimum absolute atomic E-state index is 0.363. The Kier molecular flexibility index (Phi) is 5.71. The second-order valence-electron chi connectivity index (χ2n) is 8.34. The summed E-state index contributed by atoms with van der Waals surface area (Å²) in [6.07, 6.45) is 0.756. The van der Waals surface area contributed by atoms with E-state index in [4.69, 9.17) is 11.6 Å². The maximum atomic E-state index is 13.2. The summed E-state index contributed by atoms with van der Waals surface area (Å²) in [6.45, 7) is 1.04. The minimum atomic E-state index is -0.403. The number of hydrogen-bond acceptors (Lipinski definition) is 4. The smallest absolute Gasteiger partial charge is 0.332 e. The van der Waals surface area contributed by atoms with Crippen LogP contribution < -0.4 is 16.6 Å². The van der Waals surface area contributed by atoms with Crippen molar-refractivity contribution >= 4 is 39.5 Å². The number of nitrogens with zero attached hydrogens (tertiary/aromatic N) is 4. The number of aromatic nitrogens is 4. The molecule has 0 aliphatic carbocycles. The Balaban J connectivity index is 1.59. The number of rotatable bonds is 6. The molecule has 0 unspecified atom stereocenters. The van der Waals surface area contributed by atoms with Crippen LogP contribution in [0, 0.1) is 0 Å². The average molecular weight is 474 g/mol. The van der Waals surface area contributed by atoms with E-state index in [1.807, 2.05) is 47.0 Å². The highest BCUT2D eigenvalue weighted by atomic mass is 35.5. The van der Waals surface area contributed by atoms with E-state index in [2.05, 4.69) is 34.6 Å². The molecule has 0 bridgehead atoms. The first kappa shape index (κ1) is 22.0. The highest BCUT2D eigenvalue weighted by Gasteiger charge is 2.19. The lowest BCUT2D eigenvalue weighted by molar-refractivity contribution is 0.702. The first-order chi connectivity index (χ1) is 16.4. The second-order valence-corrected chi connectivity index (χ2v) is 8.78. The maximum absolute atomic E-state index is 13.2. The number of halogens is 1. The Morgan fingerprint density at radius 2 is 1.65 bits per heavy atom. The number of benzene rings is 3. The third-order valence-electron chi connectivity index (χ3n) is 6.17. The van der Waals surface area contributed by atoms with E-state index >= 15 is 0 Å². The summed E-state index contributed by atoms with van der Waals surface area (Å²) < 4.78 is 4.42. The molecule has 0 saturated heterocycles. The highest BCUT2D eigenvalue weighted by molar-refractivity contribution is 6.30. The van der Waals surface area contributed by atoms with Gasteiger partial charge in [0, 0.05) is 25.7 Å². The fraction of sp³-hybridized carbons (Fsp3) is 0.192. The molecule has 7 nitrogen and oxygen atoms in total. The zero-order valence-electron chi connectivity index (χ0n) is 19.0. The van der Waals surface area contributed by atoms with Crippen LogP contribution in [0.3, 0.4) is 0 Å². The van der Waals surface area contributed by atoms with Crippen molar-refractivity contribution in [2.24, 2.45) is 14.1 Å². The van der Waals surface area contributed by atoms with Crippen molar-refractivity contribution in [3.8, 4) is 0 Å². The Morgan fingerprint density at radius 1 is 0.912 bits per heavy atom. The molecule has 1 N–H and O–H groups in total. The SMILES string of the molecule is Cn1c(=O)c2c(nc(NCCc3ccc(Cl)cc3)n2Cc2cccc3ccccc23)n(C)c1=O. The van der Waals surface area contributed by atoms with Gasteiger partial charge in [-0.1, -0.05) is 66.2 Å². The predicted octanol–water partition coefficient (Wildman–Crippen LogP) is 3.94. The van der Waals surface area contributed by atoms with Gasteiger partial charge in [-0.05, 0) is 40.5 Å². The van der Waals surface area contributed by atoms with Gasteiger partial charge in [-0.25, -0.2) is 4.79 Å². The van der Waals surface area contributed by atoms with Crippen molar-refractivity contribution < 1.29 is 0 Å².